The molecule has 17 heavy (non-hydrogen) atoms. The topological polar surface area (TPSA) is 35.2 Å². The molecule has 0 saturated heterocycles. The first-order valence-corrected chi connectivity index (χ1v) is 6.45. The third-order valence-electron chi connectivity index (χ3n) is 3.00. The molecule has 1 aromatic heterocycles. The van der Waals surface area contributed by atoms with Crippen LogP contribution in [0.1, 0.15) is 27.6 Å². The Hall–Kier alpha value is -1.32. The summed E-state index contributed by atoms with van der Waals surface area (Å²) >= 11 is 1.71. The van der Waals surface area contributed by atoms with Crippen molar-refractivity contribution in [1.29, 1.82) is 0 Å². The number of hydrogen-bond donors (Lipinski definition) is 1. The molecule has 1 aromatic carbocycles. The second-order valence-electron chi connectivity index (χ2n) is 4.17. The van der Waals surface area contributed by atoms with Gasteiger partial charge in [-0.2, -0.15) is 0 Å². The molecule has 1 heterocycles. The minimum Gasteiger partial charge on any atom is -0.497 e. The molecule has 0 spiro atoms. The summed E-state index contributed by atoms with van der Waals surface area (Å²) in [6, 6.07) is 8.11. The predicted molar refractivity (Wildman–Crippen MR) is 72.8 cm³/mol. The molecule has 0 saturated carbocycles. The number of hydrogen-bond acceptors (Lipinski definition) is 3. The van der Waals surface area contributed by atoms with Crippen LogP contribution >= 0.6 is 11.3 Å². The van der Waals surface area contributed by atoms with Crippen LogP contribution in [0.2, 0.25) is 0 Å². The second kappa shape index (κ2) is 4.90. The Kier molecular flexibility index (Phi) is 3.50. The Labute approximate surface area is 106 Å². The van der Waals surface area contributed by atoms with Crippen LogP contribution in [0.4, 0.5) is 0 Å². The predicted octanol–water partition coefficient (Wildman–Crippen LogP) is 3.42. The molecule has 0 aliphatic carbocycles. The van der Waals surface area contributed by atoms with Crippen LogP contribution in [-0.2, 0) is 0 Å². The Morgan fingerprint density at radius 2 is 1.94 bits per heavy atom. The average molecular weight is 247 g/mol. The molecule has 1 unspecified atom stereocenters. The van der Waals surface area contributed by atoms with Gasteiger partial charge in [0.25, 0.3) is 0 Å². The van der Waals surface area contributed by atoms with Gasteiger partial charge in [0.05, 0.1) is 13.2 Å². The van der Waals surface area contributed by atoms with Crippen LogP contribution in [0.3, 0.4) is 0 Å². The highest BCUT2D eigenvalue weighted by atomic mass is 32.1. The molecular formula is C14H17NOS. The van der Waals surface area contributed by atoms with Crippen molar-refractivity contribution in [1.82, 2.24) is 0 Å². The van der Waals surface area contributed by atoms with E-state index in [0.29, 0.717) is 0 Å². The van der Waals surface area contributed by atoms with Crippen LogP contribution in [0.25, 0.3) is 0 Å². The number of rotatable bonds is 3. The maximum absolute atomic E-state index is 6.32. The lowest BCUT2D eigenvalue weighted by Gasteiger charge is -2.15. The Balaban J connectivity index is 2.38. The fourth-order valence-electron chi connectivity index (χ4n) is 1.97. The zero-order valence-corrected chi connectivity index (χ0v) is 11.2. The van der Waals surface area contributed by atoms with E-state index in [1.54, 1.807) is 18.4 Å². The average Bonchev–Trinajstić information content (AvgIpc) is 2.74. The molecule has 1 atom stereocenters. The summed E-state index contributed by atoms with van der Waals surface area (Å²) in [5, 5.41) is 2.09. The maximum Gasteiger partial charge on any atom is 0.119 e. The number of ether oxygens (including phenoxy) is 1. The van der Waals surface area contributed by atoms with Gasteiger partial charge in [0.15, 0.2) is 0 Å². The summed E-state index contributed by atoms with van der Waals surface area (Å²) in [6.07, 6.45) is 0. The van der Waals surface area contributed by atoms with E-state index in [1.165, 1.54) is 16.0 Å². The van der Waals surface area contributed by atoms with Gasteiger partial charge in [-0.15, -0.1) is 11.3 Å². The van der Waals surface area contributed by atoms with Crippen molar-refractivity contribution in [3.05, 3.63) is 51.2 Å². The van der Waals surface area contributed by atoms with Crippen LogP contribution in [-0.4, -0.2) is 7.11 Å². The van der Waals surface area contributed by atoms with Crippen LogP contribution in [0, 0.1) is 13.8 Å². The summed E-state index contributed by atoms with van der Waals surface area (Å²) in [5.74, 6) is 0.876. The van der Waals surface area contributed by atoms with Crippen molar-refractivity contribution in [2.45, 2.75) is 19.9 Å². The van der Waals surface area contributed by atoms with Gasteiger partial charge < -0.3 is 10.5 Å². The van der Waals surface area contributed by atoms with E-state index < -0.39 is 0 Å². The normalized spacial score (nSPS) is 12.5. The van der Waals surface area contributed by atoms with Crippen molar-refractivity contribution in [3.63, 3.8) is 0 Å². The fourth-order valence-corrected chi connectivity index (χ4v) is 2.91. The van der Waals surface area contributed by atoms with Gasteiger partial charge in [0.2, 0.25) is 0 Å². The summed E-state index contributed by atoms with van der Waals surface area (Å²) in [6.45, 7) is 4.17. The van der Waals surface area contributed by atoms with E-state index in [1.807, 2.05) is 12.1 Å². The van der Waals surface area contributed by atoms with E-state index in [9.17, 15) is 0 Å². The van der Waals surface area contributed by atoms with Gasteiger partial charge in [0.1, 0.15) is 5.75 Å². The zero-order valence-electron chi connectivity index (χ0n) is 10.4. The van der Waals surface area contributed by atoms with Gasteiger partial charge in [-0.3, -0.25) is 0 Å². The molecule has 0 aliphatic rings. The highest BCUT2D eigenvalue weighted by molar-refractivity contribution is 7.10. The number of benzene rings is 1. The van der Waals surface area contributed by atoms with Crippen LogP contribution < -0.4 is 10.5 Å². The van der Waals surface area contributed by atoms with E-state index in [2.05, 4.69) is 31.4 Å². The van der Waals surface area contributed by atoms with Crippen LogP contribution in [0.5, 0.6) is 5.75 Å². The van der Waals surface area contributed by atoms with Gasteiger partial charge >= 0.3 is 0 Å². The number of thiophene rings is 1. The molecule has 0 aliphatic heterocycles. The van der Waals surface area contributed by atoms with E-state index in [0.717, 1.165) is 11.3 Å². The summed E-state index contributed by atoms with van der Waals surface area (Å²) in [7, 11) is 1.68. The largest absolute Gasteiger partial charge is 0.497 e. The minimum atomic E-state index is -0.0408. The second-order valence-corrected chi connectivity index (χ2v) is 5.12. The Bertz CT molecular complexity index is 519. The SMILES string of the molecule is COc1ccc(C(N)c2sccc2C)c(C)c1. The molecule has 0 radical (unpaired) electrons. The third-order valence-corrected chi connectivity index (χ3v) is 4.10. The summed E-state index contributed by atoms with van der Waals surface area (Å²) in [4.78, 5) is 1.23. The third kappa shape index (κ3) is 2.35. The summed E-state index contributed by atoms with van der Waals surface area (Å²) in [5.41, 5.74) is 9.92. The van der Waals surface area contributed by atoms with Crippen molar-refractivity contribution in [2.75, 3.05) is 7.11 Å². The number of methoxy groups -OCH3 is 1. The molecule has 0 fully saturated rings. The molecule has 2 nitrogen and oxygen atoms in total. The van der Waals surface area contributed by atoms with Gasteiger partial charge in [-0.25, -0.2) is 0 Å². The van der Waals surface area contributed by atoms with Crippen molar-refractivity contribution < 1.29 is 4.74 Å². The summed E-state index contributed by atoms with van der Waals surface area (Å²) < 4.78 is 5.21. The highest BCUT2D eigenvalue weighted by Crippen LogP contribution is 2.30. The van der Waals surface area contributed by atoms with E-state index in [4.69, 9.17) is 10.5 Å². The fraction of sp³-hybridized carbons (Fsp3) is 0.286. The highest BCUT2D eigenvalue weighted by Gasteiger charge is 2.15. The first-order chi connectivity index (χ1) is 8.13. The van der Waals surface area contributed by atoms with Gasteiger partial charge in [-0.1, -0.05) is 6.07 Å². The lowest BCUT2D eigenvalue weighted by atomic mass is 9.99. The van der Waals surface area contributed by atoms with Crippen molar-refractivity contribution in [2.24, 2.45) is 5.73 Å². The molecule has 90 valence electrons. The smallest absolute Gasteiger partial charge is 0.119 e. The van der Waals surface area contributed by atoms with Gasteiger partial charge in [0, 0.05) is 4.88 Å². The quantitative estimate of drug-likeness (QED) is 0.902. The monoisotopic (exact) mass is 247 g/mol. The molecule has 2 N–H and O–H groups in total. The lowest BCUT2D eigenvalue weighted by Crippen LogP contribution is -2.12. The standard InChI is InChI=1S/C14H17NOS/c1-9-6-7-17-14(9)13(15)12-5-4-11(16-3)8-10(12)2/h4-8,13H,15H2,1-3H3. The molecule has 3 heteroatoms. The molecular weight excluding hydrogens is 230 g/mol. The van der Waals surface area contributed by atoms with Crippen molar-refractivity contribution >= 4 is 11.3 Å². The minimum absolute atomic E-state index is 0.0408. The Morgan fingerprint density at radius 1 is 1.18 bits per heavy atom. The molecule has 2 rings (SSSR count). The number of nitrogens with two attached hydrogens (primary N) is 1. The van der Waals surface area contributed by atoms with E-state index >= 15 is 0 Å². The lowest BCUT2D eigenvalue weighted by molar-refractivity contribution is 0.414. The first-order valence-electron chi connectivity index (χ1n) is 5.57. The van der Waals surface area contributed by atoms with Crippen molar-refractivity contribution in [3.8, 4) is 5.75 Å². The molecule has 0 bridgehead atoms. The number of aryl methyl sites for hydroxylation is 2. The first kappa shape index (κ1) is 12.1. The molecule has 0 amide bonds. The molecule has 2 aromatic rings. The zero-order chi connectivity index (χ0) is 12.4. The van der Waals surface area contributed by atoms with Crippen LogP contribution in [0.15, 0.2) is 29.6 Å². The van der Waals surface area contributed by atoms with Gasteiger partial charge in [-0.05, 0) is 54.1 Å². The maximum atomic E-state index is 6.32. The van der Waals surface area contributed by atoms with E-state index in [-0.39, 0.29) is 6.04 Å². The Morgan fingerprint density at radius 3 is 2.47 bits per heavy atom.